The molecule has 3 aliphatic heterocycles. The van der Waals surface area contributed by atoms with Crippen LogP contribution < -0.4 is 14.4 Å². The van der Waals surface area contributed by atoms with Gasteiger partial charge in [-0.2, -0.15) is 0 Å². The number of rotatable bonds is 4. The molecule has 2 aliphatic carbocycles. The minimum Gasteiger partial charge on any atom is -0.490 e. The lowest BCUT2D eigenvalue weighted by atomic mass is 9.68. The number of amides is 2. The fourth-order valence-electron chi connectivity index (χ4n) is 9.43. The fourth-order valence-corrected chi connectivity index (χ4v) is 11.3. The fraction of sp³-hybridized carbons (Fsp3) is 0.524. The van der Waals surface area contributed by atoms with Crippen LogP contribution in [0.5, 0.6) is 5.75 Å². The molecule has 10 nitrogen and oxygen atoms in total. The minimum absolute atomic E-state index is 0.0272. The number of methoxy groups -OCH3 is 2. The summed E-state index contributed by atoms with van der Waals surface area (Å²) in [6.45, 7) is 6.90. The van der Waals surface area contributed by atoms with Gasteiger partial charge in [-0.25, -0.2) is 4.21 Å². The third-order valence-corrected chi connectivity index (χ3v) is 14.4. The molecule has 1 fully saturated rings. The summed E-state index contributed by atoms with van der Waals surface area (Å²) in [5.74, 6) is 0.272. The Bertz CT molecular complexity index is 2040. The van der Waals surface area contributed by atoms with Crippen molar-refractivity contribution in [3.8, 4) is 5.75 Å². The average molecular weight is 741 g/mol. The van der Waals surface area contributed by atoms with Gasteiger partial charge in [-0.1, -0.05) is 42.8 Å². The Kier molecular flexibility index (Phi) is 9.78. The van der Waals surface area contributed by atoms with E-state index in [4.69, 9.17) is 14.2 Å². The van der Waals surface area contributed by atoms with Gasteiger partial charge in [0.25, 0.3) is 11.8 Å². The van der Waals surface area contributed by atoms with Crippen molar-refractivity contribution in [3.63, 3.8) is 0 Å². The number of ether oxygens (including phenoxy) is 3. The van der Waals surface area contributed by atoms with Gasteiger partial charge in [-0.05, 0) is 98.6 Å². The summed E-state index contributed by atoms with van der Waals surface area (Å²) in [5, 5.41) is 0. The van der Waals surface area contributed by atoms with E-state index < -0.39 is 21.7 Å². The Morgan fingerprint density at radius 3 is 2.74 bits per heavy atom. The van der Waals surface area contributed by atoms with E-state index in [0.717, 1.165) is 62.3 Å². The molecule has 1 spiro atoms. The standard InChI is InChI=1S/C42H52N4O6S/c1-27-10-14-36-29(17-27)8-6-16-42(36)25-46-21-31-11-13-35(31)38(51-4)9-5-7-28(2)24-53(49,43-40(47)30-12-15-39(52-26-42)37(46)19-30)44-41(48)32-18-33-20-34(50-3)23-45(33)22-32/h5,9-10,12,14-15,17-19,22,28,31,34-35,38H,6-8,11,13,16,20-21,23-26H2,1-4H3,(H,43,44,47,48,49)/b9-5+/t28-,31-,34?,35+,38-,42-,53?/m0/s1. The van der Waals surface area contributed by atoms with E-state index >= 15 is 0 Å². The highest BCUT2D eigenvalue weighted by atomic mass is 32.2. The smallest absolute Gasteiger partial charge is 0.286 e. The molecule has 0 radical (unpaired) electrons. The predicted octanol–water partition coefficient (Wildman–Crippen LogP) is 6.43. The lowest BCUT2D eigenvalue weighted by Crippen LogP contribution is -2.49. The molecule has 53 heavy (non-hydrogen) atoms. The Morgan fingerprint density at radius 2 is 1.96 bits per heavy atom. The number of aromatic nitrogens is 1. The van der Waals surface area contributed by atoms with E-state index in [1.165, 1.54) is 16.7 Å². The van der Waals surface area contributed by atoms with Gasteiger partial charge in [-0.3, -0.25) is 14.3 Å². The van der Waals surface area contributed by atoms with Crippen LogP contribution in [0.15, 0.2) is 65.2 Å². The zero-order valence-corrected chi connectivity index (χ0v) is 32.2. The number of hydrogen-bond donors (Lipinski definition) is 1. The van der Waals surface area contributed by atoms with Crippen LogP contribution >= 0.6 is 0 Å². The van der Waals surface area contributed by atoms with Crippen LogP contribution in [0.1, 0.15) is 82.1 Å². The van der Waals surface area contributed by atoms with Gasteiger partial charge in [0.05, 0.1) is 35.8 Å². The minimum atomic E-state index is -3.52. The van der Waals surface area contributed by atoms with E-state index in [9.17, 15) is 13.8 Å². The highest BCUT2D eigenvalue weighted by Crippen LogP contribution is 2.47. The van der Waals surface area contributed by atoms with Crippen LogP contribution in [-0.4, -0.2) is 72.5 Å². The number of nitrogens with zero attached hydrogens (tertiary/aromatic N) is 3. The Balaban J connectivity index is 1.17. The van der Waals surface area contributed by atoms with Crippen LogP contribution in [-0.2, 0) is 44.2 Å². The molecule has 2 bridgehead atoms. The summed E-state index contributed by atoms with van der Waals surface area (Å²) < 4.78 is 42.0. The number of fused-ring (bicyclic) bond motifs is 5. The quantitative estimate of drug-likeness (QED) is 0.307. The zero-order chi connectivity index (χ0) is 36.9. The van der Waals surface area contributed by atoms with Gasteiger partial charge in [0.1, 0.15) is 15.7 Å². The molecule has 2 aromatic carbocycles. The Morgan fingerprint density at radius 1 is 1.09 bits per heavy atom. The van der Waals surface area contributed by atoms with E-state index in [2.05, 4.69) is 51.3 Å². The molecule has 7 atom stereocenters. The van der Waals surface area contributed by atoms with Gasteiger partial charge in [0.15, 0.2) is 0 Å². The lowest BCUT2D eigenvalue weighted by Gasteiger charge is -2.46. The van der Waals surface area contributed by atoms with Crippen molar-refractivity contribution in [2.75, 3.05) is 44.6 Å². The summed E-state index contributed by atoms with van der Waals surface area (Å²) in [4.78, 5) is 30.2. The number of carbonyl (C=O) groups is 2. The molecule has 4 heterocycles. The highest BCUT2D eigenvalue weighted by molar-refractivity contribution is 7.92. The van der Waals surface area contributed by atoms with Crippen molar-refractivity contribution in [3.05, 3.63) is 94.3 Å². The molecule has 1 N–H and O–H groups in total. The van der Waals surface area contributed by atoms with Gasteiger partial charge in [-0.15, -0.1) is 4.36 Å². The van der Waals surface area contributed by atoms with Crippen molar-refractivity contribution >= 4 is 27.4 Å². The predicted molar refractivity (Wildman–Crippen MR) is 206 cm³/mol. The first-order valence-corrected chi connectivity index (χ1v) is 20.9. The SMILES string of the molecule is COC1Cc2cc(C(=O)NS3(=O)=NC(=O)c4ccc5c(c4)N(C[C@@H]4CC[C@H]4[C@@H](OC)/C=C/C[C@H](C)C3)C[C@@]3(CCCc4cc(C)ccc43)CO5)cn2C1. The average Bonchev–Trinajstić information content (AvgIpc) is 3.66. The second-order valence-corrected chi connectivity index (χ2v) is 18.2. The molecule has 1 saturated carbocycles. The Hall–Kier alpha value is -3.93. The number of aryl methyl sites for hydroxylation is 2. The molecule has 2 amide bonds. The largest absolute Gasteiger partial charge is 0.490 e. The second-order valence-electron chi connectivity index (χ2n) is 16.2. The molecular weight excluding hydrogens is 689 g/mol. The zero-order valence-electron chi connectivity index (χ0n) is 31.3. The second kappa shape index (κ2) is 14.4. The molecule has 282 valence electrons. The van der Waals surface area contributed by atoms with Crippen molar-refractivity contribution in [2.45, 2.75) is 83.0 Å². The molecule has 3 aromatic rings. The monoisotopic (exact) mass is 740 g/mol. The normalized spacial score (nSPS) is 31.6. The molecular formula is C42H52N4O6S. The third-order valence-electron chi connectivity index (χ3n) is 12.4. The van der Waals surface area contributed by atoms with Crippen molar-refractivity contribution < 1.29 is 28.0 Å². The first-order valence-electron chi connectivity index (χ1n) is 19.2. The van der Waals surface area contributed by atoms with Gasteiger partial charge in [0.2, 0.25) is 0 Å². The number of hydrogen-bond acceptors (Lipinski definition) is 7. The number of nitrogens with one attached hydrogen (secondary N) is 1. The van der Waals surface area contributed by atoms with Crippen molar-refractivity contribution in [2.24, 2.45) is 22.1 Å². The van der Waals surface area contributed by atoms with Crippen LogP contribution in [0.2, 0.25) is 0 Å². The van der Waals surface area contributed by atoms with E-state index in [-0.39, 0.29) is 29.3 Å². The molecule has 8 rings (SSSR count). The Labute approximate surface area is 313 Å². The topological polar surface area (TPSA) is 111 Å². The van der Waals surface area contributed by atoms with E-state index in [0.29, 0.717) is 49.0 Å². The van der Waals surface area contributed by atoms with E-state index in [1.54, 1.807) is 32.5 Å². The summed E-state index contributed by atoms with van der Waals surface area (Å²) in [7, 11) is -0.0525. The van der Waals surface area contributed by atoms with Crippen LogP contribution in [0.4, 0.5) is 5.69 Å². The summed E-state index contributed by atoms with van der Waals surface area (Å²) >= 11 is 0. The summed E-state index contributed by atoms with van der Waals surface area (Å²) in [6, 6.07) is 14.1. The highest BCUT2D eigenvalue weighted by Gasteiger charge is 2.44. The van der Waals surface area contributed by atoms with Crippen LogP contribution in [0, 0.1) is 24.7 Å². The number of benzene rings is 2. The van der Waals surface area contributed by atoms with Crippen LogP contribution in [0.3, 0.4) is 0 Å². The maximum absolute atomic E-state index is 14.7. The number of carbonyl (C=O) groups excluding carboxylic acids is 2. The maximum Gasteiger partial charge on any atom is 0.286 e. The third kappa shape index (κ3) is 7.08. The summed E-state index contributed by atoms with van der Waals surface area (Å²) in [5.41, 5.74) is 6.38. The van der Waals surface area contributed by atoms with Crippen molar-refractivity contribution in [1.82, 2.24) is 9.29 Å². The summed E-state index contributed by atoms with van der Waals surface area (Å²) in [6.07, 6.45) is 12.7. The molecule has 2 unspecified atom stereocenters. The van der Waals surface area contributed by atoms with Crippen molar-refractivity contribution in [1.29, 1.82) is 0 Å². The molecule has 11 heteroatoms. The molecule has 0 saturated heterocycles. The number of anilines is 1. The van der Waals surface area contributed by atoms with Gasteiger partial charge < -0.3 is 23.7 Å². The first kappa shape index (κ1) is 36.1. The van der Waals surface area contributed by atoms with Gasteiger partial charge in [0, 0.05) is 63.1 Å². The number of allylic oxidation sites excluding steroid dienone is 1. The van der Waals surface area contributed by atoms with Crippen LogP contribution in [0.25, 0.3) is 0 Å². The lowest BCUT2D eigenvalue weighted by molar-refractivity contribution is 0.0131. The van der Waals surface area contributed by atoms with E-state index in [1.807, 2.05) is 23.6 Å². The first-order chi connectivity index (χ1) is 25.5. The maximum atomic E-state index is 14.7. The molecule has 5 aliphatic rings. The van der Waals surface area contributed by atoms with Gasteiger partial charge >= 0.3 is 0 Å². The molecule has 1 aromatic heterocycles.